The zero-order chi connectivity index (χ0) is 11.4. The van der Waals surface area contributed by atoms with E-state index in [4.69, 9.17) is 0 Å². The summed E-state index contributed by atoms with van der Waals surface area (Å²) in [5.74, 6) is 0.222. The maximum Gasteiger partial charge on any atom is 0.271 e. The Morgan fingerprint density at radius 2 is 2.20 bits per heavy atom. The quantitative estimate of drug-likeness (QED) is 0.486. The van der Waals surface area contributed by atoms with Gasteiger partial charge >= 0.3 is 0 Å². The molecule has 0 aliphatic heterocycles. The van der Waals surface area contributed by atoms with Crippen molar-refractivity contribution in [1.82, 2.24) is 0 Å². The van der Waals surface area contributed by atoms with Crippen LogP contribution >= 0.6 is 27.7 Å². The molecule has 0 aliphatic carbocycles. The highest BCUT2D eigenvalue weighted by Gasteiger charge is 2.13. The van der Waals surface area contributed by atoms with Gasteiger partial charge in [0.25, 0.3) is 5.69 Å². The number of thioether (sulfide) groups is 1. The van der Waals surface area contributed by atoms with Gasteiger partial charge in [-0.3, -0.25) is 14.9 Å². The van der Waals surface area contributed by atoms with Gasteiger partial charge in [0.15, 0.2) is 5.78 Å². The Hall–Kier alpha value is -0.880. The predicted molar refractivity (Wildman–Crippen MR) is 63.5 cm³/mol. The van der Waals surface area contributed by atoms with Crippen molar-refractivity contribution in [3.05, 3.63) is 38.3 Å². The molecule has 0 aliphatic rings. The topological polar surface area (TPSA) is 60.2 Å². The van der Waals surface area contributed by atoms with E-state index in [0.29, 0.717) is 15.8 Å². The summed E-state index contributed by atoms with van der Waals surface area (Å²) in [7, 11) is 0. The smallest absolute Gasteiger partial charge is 0.271 e. The first kappa shape index (κ1) is 12.2. The van der Waals surface area contributed by atoms with Gasteiger partial charge in [-0.2, -0.15) is 11.8 Å². The van der Waals surface area contributed by atoms with Crippen molar-refractivity contribution >= 4 is 39.2 Å². The minimum atomic E-state index is -0.513. The second-order valence-electron chi connectivity index (χ2n) is 2.81. The van der Waals surface area contributed by atoms with Crippen LogP contribution in [0.5, 0.6) is 0 Å². The van der Waals surface area contributed by atoms with Crippen LogP contribution in [-0.2, 0) is 0 Å². The Balaban J connectivity index is 3.09. The lowest BCUT2D eigenvalue weighted by molar-refractivity contribution is -0.384. The van der Waals surface area contributed by atoms with Crippen LogP contribution in [0.1, 0.15) is 10.4 Å². The van der Waals surface area contributed by atoms with E-state index in [-0.39, 0.29) is 11.5 Å². The van der Waals surface area contributed by atoms with Crippen molar-refractivity contribution in [2.75, 3.05) is 12.0 Å². The number of non-ortho nitro benzene ring substituents is 1. The fourth-order valence-electron chi connectivity index (χ4n) is 1.05. The van der Waals surface area contributed by atoms with E-state index in [0.717, 1.165) is 0 Å². The highest BCUT2D eigenvalue weighted by atomic mass is 79.9. The fourth-order valence-corrected chi connectivity index (χ4v) is 1.96. The van der Waals surface area contributed by atoms with Gasteiger partial charge in [0, 0.05) is 22.2 Å². The van der Waals surface area contributed by atoms with Crippen LogP contribution < -0.4 is 0 Å². The molecule has 80 valence electrons. The van der Waals surface area contributed by atoms with Crippen molar-refractivity contribution in [2.45, 2.75) is 0 Å². The number of carbonyl (C=O) groups is 1. The zero-order valence-corrected chi connectivity index (χ0v) is 10.3. The molecule has 1 aromatic rings. The van der Waals surface area contributed by atoms with Crippen LogP contribution in [0, 0.1) is 10.1 Å². The van der Waals surface area contributed by atoms with Crippen LogP contribution in [0.3, 0.4) is 0 Å². The normalized spacial score (nSPS) is 10.0. The highest BCUT2D eigenvalue weighted by Crippen LogP contribution is 2.22. The molecule has 0 heterocycles. The number of rotatable bonds is 4. The van der Waals surface area contributed by atoms with Crippen molar-refractivity contribution in [2.24, 2.45) is 0 Å². The number of nitro groups is 1. The van der Waals surface area contributed by atoms with Crippen molar-refractivity contribution in [3.63, 3.8) is 0 Å². The Labute approximate surface area is 99.3 Å². The second-order valence-corrected chi connectivity index (χ2v) is 4.59. The summed E-state index contributed by atoms with van der Waals surface area (Å²) in [4.78, 5) is 21.5. The Morgan fingerprint density at radius 3 is 2.73 bits per heavy atom. The van der Waals surface area contributed by atoms with Gasteiger partial charge in [-0.1, -0.05) is 15.9 Å². The number of Topliss-reactive ketones (excluding diaryl/α,β-unsaturated/α-hetero) is 1. The summed E-state index contributed by atoms with van der Waals surface area (Å²) in [6.45, 7) is 0. The first-order chi connectivity index (χ1) is 7.04. The third-order valence-corrected chi connectivity index (χ3v) is 2.70. The Bertz CT molecular complexity index is 408. The van der Waals surface area contributed by atoms with Gasteiger partial charge in [-0.25, -0.2) is 0 Å². The second kappa shape index (κ2) is 5.27. The number of nitro benzene ring substituents is 1. The number of halogens is 1. The van der Waals surface area contributed by atoms with Gasteiger partial charge < -0.3 is 0 Å². The average Bonchev–Trinajstić information content (AvgIpc) is 2.17. The minimum Gasteiger partial charge on any atom is -0.293 e. The summed E-state index contributed by atoms with van der Waals surface area (Å²) in [5.41, 5.74) is 0.291. The van der Waals surface area contributed by atoms with Crippen LogP contribution in [0.2, 0.25) is 0 Å². The molecule has 0 aromatic heterocycles. The first-order valence-corrected chi connectivity index (χ1v) is 6.20. The summed E-state index contributed by atoms with van der Waals surface area (Å²) < 4.78 is 0.543. The molecule has 0 atom stereocenters. The van der Waals surface area contributed by atoms with Gasteiger partial charge in [-0.15, -0.1) is 0 Å². The summed E-state index contributed by atoms with van der Waals surface area (Å²) in [5, 5.41) is 10.6. The molecular formula is C9H8BrNO3S. The lowest BCUT2D eigenvalue weighted by Gasteiger charge is -2.00. The molecule has 0 spiro atoms. The van der Waals surface area contributed by atoms with Crippen molar-refractivity contribution in [3.8, 4) is 0 Å². The molecule has 0 unspecified atom stereocenters. The van der Waals surface area contributed by atoms with E-state index in [1.807, 2.05) is 6.26 Å². The molecule has 0 radical (unpaired) electrons. The van der Waals surface area contributed by atoms with Crippen LogP contribution in [0.4, 0.5) is 5.69 Å². The van der Waals surface area contributed by atoms with E-state index in [1.165, 1.54) is 23.9 Å². The van der Waals surface area contributed by atoms with E-state index < -0.39 is 4.92 Å². The molecule has 1 rings (SSSR count). The minimum absolute atomic E-state index is 0.0752. The van der Waals surface area contributed by atoms with Gasteiger partial charge in [0.2, 0.25) is 0 Å². The average molecular weight is 290 g/mol. The van der Waals surface area contributed by atoms with Gasteiger partial charge in [0.05, 0.1) is 10.7 Å². The lowest BCUT2D eigenvalue weighted by Crippen LogP contribution is -2.03. The third-order valence-electron chi connectivity index (χ3n) is 1.69. The molecular weight excluding hydrogens is 282 g/mol. The number of ketones is 1. The monoisotopic (exact) mass is 289 g/mol. The molecule has 0 fully saturated rings. The predicted octanol–water partition coefficient (Wildman–Crippen LogP) is 2.90. The van der Waals surface area contributed by atoms with Crippen LogP contribution in [0.15, 0.2) is 22.7 Å². The largest absolute Gasteiger partial charge is 0.293 e. The molecule has 6 heteroatoms. The van der Waals surface area contributed by atoms with E-state index in [9.17, 15) is 14.9 Å². The maximum absolute atomic E-state index is 11.5. The SMILES string of the molecule is CSCC(=O)c1cc(Br)cc([N+](=O)[O-])c1. The van der Waals surface area contributed by atoms with Gasteiger partial charge in [0.1, 0.15) is 0 Å². The van der Waals surface area contributed by atoms with Crippen molar-refractivity contribution < 1.29 is 9.72 Å². The number of carbonyl (C=O) groups excluding carboxylic acids is 1. The van der Waals surface area contributed by atoms with Crippen LogP contribution in [0.25, 0.3) is 0 Å². The summed E-state index contributed by atoms with van der Waals surface area (Å²) >= 11 is 4.53. The van der Waals surface area contributed by atoms with E-state index in [2.05, 4.69) is 15.9 Å². The Kier molecular flexibility index (Phi) is 4.28. The standard InChI is InChI=1S/C9H8BrNO3S/c1-15-5-9(12)6-2-7(10)4-8(3-6)11(13)14/h2-4H,5H2,1H3. The fraction of sp³-hybridized carbons (Fsp3) is 0.222. The number of hydrogen-bond donors (Lipinski definition) is 0. The molecule has 1 aromatic carbocycles. The molecule has 0 saturated carbocycles. The van der Waals surface area contributed by atoms with E-state index >= 15 is 0 Å². The molecule has 15 heavy (non-hydrogen) atoms. The lowest BCUT2D eigenvalue weighted by atomic mass is 10.1. The zero-order valence-electron chi connectivity index (χ0n) is 7.90. The molecule has 0 bridgehead atoms. The molecule has 0 saturated heterocycles. The maximum atomic E-state index is 11.5. The highest BCUT2D eigenvalue weighted by molar-refractivity contribution is 9.10. The third kappa shape index (κ3) is 3.32. The van der Waals surface area contributed by atoms with Crippen LogP contribution in [-0.4, -0.2) is 22.7 Å². The Morgan fingerprint density at radius 1 is 1.53 bits per heavy atom. The van der Waals surface area contributed by atoms with Crippen molar-refractivity contribution in [1.29, 1.82) is 0 Å². The molecule has 0 amide bonds. The van der Waals surface area contributed by atoms with E-state index in [1.54, 1.807) is 6.07 Å². The molecule has 0 N–H and O–H groups in total. The van der Waals surface area contributed by atoms with Gasteiger partial charge in [-0.05, 0) is 12.3 Å². The molecule has 4 nitrogen and oxygen atoms in total. The number of nitrogens with zero attached hydrogens (tertiary/aromatic N) is 1. The number of benzene rings is 1. The summed E-state index contributed by atoms with van der Waals surface area (Å²) in [6, 6.07) is 4.25. The summed E-state index contributed by atoms with van der Waals surface area (Å²) in [6.07, 6.45) is 1.81. The first-order valence-electron chi connectivity index (χ1n) is 4.01. The number of hydrogen-bond acceptors (Lipinski definition) is 4.